The monoisotopic (exact) mass is 784 g/mol. The van der Waals surface area contributed by atoms with Gasteiger partial charge in [-0.1, -0.05) is 154 Å². The average molecular weight is 785 g/mol. The molecular formula is C57H45BN2O. The van der Waals surface area contributed by atoms with E-state index in [0.717, 1.165) is 42.2 Å². The quantitative estimate of drug-likeness (QED) is 0.143. The smallest absolute Gasteiger partial charge is 0.333 e. The van der Waals surface area contributed by atoms with Crippen molar-refractivity contribution in [2.75, 3.05) is 4.81 Å². The minimum Gasteiger partial charge on any atom is -0.454 e. The van der Waals surface area contributed by atoms with Gasteiger partial charge in [0.25, 0.3) is 0 Å². The van der Waals surface area contributed by atoms with E-state index in [1.54, 1.807) is 0 Å². The van der Waals surface area contributed by atoms with Crippen molar-refractivity contribution in [2.24, 2.45) is 0 Å². The van der Waals surface area contributed by atoms with E-state index in [0.29, 0.717) is 0 Å². The van der Waals surface area contributed by atoms with Crippen molar-refractivity contribution in [2.45, 2.75) is 57.8 Å². The molecule has 0 saturated heterocycles. The standard InChI is InChI=1S/C57H45BN2O/c1-3-5-18-36-30-31-49-42(32-36)44-33-37(19-6-4-2)34-48-54(44)59(49)55-52-43(35-45-40-24-13-16-29-51(40)61-56(45)55)41-25-17-27-47-53(41)60(58(48)52)50-28-15-14-26-46(50)57(47,38-20-9-7-10-21-38)39-22-11-8-12-23-39/h7-17,20-35H,3-6,18-19H2,1-2H3. The number of fused-ring (bicyclic) bond motifs is 13. The Morgan fingerprint density at radius 1 is 0.541 bits per heavy atom. The second kappa shape index (κ2) is 13.1. The summed E-state index contributed by atoms with van der Waals surface area (Å²) >= 11 is 0. The number of nitrogens with zero attached hydrogens (tertiary/aromatic N) is 2. The lowest BCUT2D eigenvalue weighted by atomic mass is 9.42. The highest BCUT2D eigenvalue weighted by atomic mass is 16.3. The molecule has 4 heteroatoms. The van der Waals surface area contributed by atoms with E-state index < -0.39 is 5.41 Å². The first-order valence-electron chi connectivity index (χ1n) is 22.4. The summed E-state index contributed by atoms with van der Waals surface area (Å²) in [6.45, 7) is 4.51. The first kappa shape index (κ1) is 35.0. The number of rotatable bonds is 8. The number of anilines is 2. The molecule has 3 aliphatic heterocycles. The molecule has 0 fully saturated rings. The number of hydrogen-bond donors (Lipinski definition) is 0. The molecule has 8 aromatic carbocycles. The summed E-state index contributed by atoms with van der Waals surface area (Å²) in [5.41, 5.74) is 20.9. The van der Waals surface area contributed by atoms with Crippen LogP contribution in [0.25, 0.3) is 60.6 Å². The molecule has 0 unspecified atom stereocenters. The molecule has 2 aromatic heterocycles. The second-order valence-electron chi connectivity index (χ2n) is 17.6. The topological polar surface area (TPSA) is 21.3 Å². The van der Waals surface area contributed by atoms with Gasteiger partial charge in [-0.05, 0) is 112 Å². The zero-order valence-electron chi connectivity index (χ0n) is 34.7. The Labute approximate surface area is 357 Å². The fraction of sp³-hybridized carbons (Fsp3) is 0.158. The van der Waals surface area contributed by atoms with Gasteiger partial charge in [-0.3, -0.25) is 0 Å². The number of aryl methyl sites for hydroxylation is 2. The van der Waals surface area contributed by atoms with Crippen molar-refractivity contribution in [3.63, 3.8) is 0 Å². The van der Waals surface area contributed by atoms with Crippen molar-refractivity contribution < 1.29 is 4.42 Å². The van der Waals surface area contributed by atoms with Crippen LogP contribution in [-0.4, -0.2) is 11.4 Å². The Morgan fingerprint density at radius 2 is 1.23 bits per heavy atom. The molecule has 61 heavy (non-hydrogen) atoms. The van der Waals surface area contributed by atoms with Crippen LogP contribution in [0.2, 0.25) is 0 Å². The van der Waals surface area contributed by atoms with Gasteiger partial charge in [-0.15, -0.1) is 0 Å². The number of furan rings is 1. The van der Waals surface area contributed by atoms with Gasteiger partial charge >= 0.3 is 6.85 Å². The van der Waals surface area contributed by atoms with Crippen LogP contribution in [-0.2, 0) is 18.3 Å². The maximum Gasteiger partial charge on any atom is 0.333 e. The lowest BCUT2D eigenvalue weighted by Crippen LogP contribution is -2.62. The zero-order valence-corrected chi connectivity index (χ0v) is 34.7. The van der Waals surface area contributed by atoms with Crippen molar-refractivity contribution in [3.8, 4) is 16.8 Å². The molecule has 292 valence electrons. The molecule has 5 heterocycles. The fourth-order valence-electron chi connectivity index (χ4n) is 11.8. The predicted octanol–water partition coefficient (Wildman–Crippen LogP) is 13.3. The molecule has 0 radical (unpaired) electrons. The normalized spacial score (nSPS) is 14.2. The molecule has 13 rings (SSSR count). The van der Waals surface area contributed by atoms with Crippen LogP contribution < -0.4 is 15.7 Å². The highest BCUT2D eigenvalue weighted by molar-refractivity contribution is 6.94. The molecule has 10 aromatic rings. The van der Waals surface area contributed by atoms with Crippen molar-refractivity contribution in [1.29, 1.82) is 0 Å². The third-order valence-corrected chi connectivity index (χ3v) is 14.3. The summed E-state index contributed by atoms with van der Waals surface area (Å²) in [7, 11) is 0. The van der Waals surface area contributed by atoms with Gasteiger partial charge in [-0.2, -0.15) is 0 Å². The van der Waals surface area contributed by atoms with Gasteiger partial charge in [0.2, 0.25) is 0 Å². The van der Waals surface area contributed by atoms with Gasteiger partial charge in [0.15, 0.2) is 5.58 Å². The first-order valence-corrected chi connectivity index (χ1v) is 22.4. The number of aromatic nitrogens is 1. The lowest BCUT2D eigenvalue weighted by Gasteiger charge is -2.52. The third kappa shape index (κ3) is 4.60. The number of hydrogen-bond acceptors (Lipinski definition) is 2. The zero-order chi connectivity index (χ0) is 40.4. The summed E-state index contributed by atoms with van der Waals surface area (Å²) in [6, 6.07) is 62.4. The van der Waals surface area contributed by atoms with Crippen LogP contribution in [0.15, 0.2) is 168 Å². The SMILES string of the molecule is CCCCc1ccc2c(c1)c1cc(CCCC)cc3c1n2-c1c2c(cc4c1oc1ccccc14)-c1cccc4c1N(B23)c1ccccc1C4(c1ccccc1)c1ccccc1. The summed E-state index contributed by atoms with van der Waals surface area (Å²) in [6.07, 6.45) is 6.84. The maximum absolute atomic E-state index is 7.11. The van der Waals surface area contributed by atoms with Crippen LogP contribution in [0.3, 0.4) is 0 Å². The Bertz CT molecular complexity index is 3370. The number of unbranched alkanes of at least 4 members (excludes halogenated alkanes) is 2. The van der Waals surface area contributed by atoms with Gasteiger partial charge in [0, 0.05) is 38.5 Å². The molecule has 0 N–H and O–H groups in total. The van der Waals surface area contributed by atoms with Gasteiger partial charge in [-0.25, -0.2) is 0 Å². The van der Waals surface area contributed by atoms with Crippen LogP contribution in [0.1, 0.15) is 72.9 Å². The predicted molar refractivity (Wildman–Crippen MR) is 256 cm³/mol. The molecule has 0 saturated carbocycles. The Kier molecular flexibility index (Phi) is 7.53. The van der Waals surface area contributed by atoms with Crippen molar-refractivity contribution >= 4 is 72.9 Å². The molecule has 3 nitrogen and oxygen atoms in total. The Balaban J connectivity index is 1.24. The largest absolute Gasteiger partial charge is 0.454 e. The molecule has 0 amide bonds. The van der Waals surface area contributed by atoms with E-state index in [-0.39, 0.29) is 6.85 Å². The van der Waals surface area contributed by atoms with Crippen LogP contribution in [0.5, 0.6) is 0 Å². The number of benzene rings is 8. The average Bonchev–Trinajstić information content (AvgIpc) is 3.85. The second-order valence-corrected chi connectivity index (χ2v) is 17.6. The minimum absolute atomic E-state index is 0.0950. The van der Waals surface area contributed by atoms with Gasteiger partial charge in [0.05, 0.1) is 22.1 Å². The Hall–Kier alpha value is -6.78. The molecule has 0 aliphatic carbocycles. The molecule has 0 bridgehead atoms. The summed E-state index contributed by atoms with van der Waals surface area (Å²) < 4.78 is 9.72. The van der Waals surface area contributed by atoms with Gasteiger partial charge < -0.3 is 13.8 Å². The van der Waals surface area contributed by atoms with E-state index in [2.05, 4.69) is 187 Å². The molecule has 0 atom stereocenters. The van der Waals surface area contributed by atoms with E-state index in [1.165, 1.54) is 113 Å². The van der Waals surface area contributed by atoms with E-state index in [9.17, 15) is 0 Å². The van der Waals surface area contributed by atoms with Crippen LogP contribution >= 0.6 is 0 Å². The van der Waals surface area contributed by atoms with E-state index in [1.807, 2.05) is 0 Å². The molecular weight excluding hydrogens is 739 g/mol. The van der Waals surface area contributed by atoms with E-state index >= 15 is 0 Å². The third-order valence-electron chi connectivity index (χ3n) is 14.3. The summed E-state index contributed by atoms with van der Waals surface area (Å²) in [5.74, 6) is 0. The fourth-order valence-corrected chi connectivity index (χ4v) is 11.8. The van der Waals surface area contributed by atoms with E-state index in [4.69, 9.17) is 4.42 Å². The number of para-hydroxylation sites is 3. The molecule has 3 aliphatic rings. The first-order chi connectivity index (χ1) is 30.2. The summed E-state index contributed by atoms with van der Waals surface area (Å²) in [4.78, 5) is 2.75. The van der Waals surface area contributed by atoms with Crippen molar-refractivity contribution in [1.82, 2.24) is 4.57 Å². The summed E-state index contributed by atoms with van der Waals surface area (Å²) in [5, 5.41) is 5.02. The van der Waals surface area contributed by atoms with Crippen LogP contribution in [0.4, 0.5) is 11.4 Å². The molecule has 0 spiro atoms. The highest BCUT2D eigenvalue weighted by Gasteiger charge is 2.53. The van der Waals surface area contributed by atoms with Crippen molar-refractivity contribution in [3.05, 3.63) is 197 Å². The van der Waals surface area contributed by atoms with Gasteiger partial charge in [0.1, 0.15) is 5.58 Å². The minimum atomic E-state index is -0.551. The Morgan fingerprint density at radius 3 is 2.02 bits per heavy atom. The lowest BCUT2D eigenvalue weighted by molar-refractivity contribution is 0.666. The maximum atomic E-state index is 7.11. The highest BCUT2D eigenvalue weighted by Crippen LogP contribution is 2.60. The van der Waals surface area contributed by atoms with Crippen LogP contribution in [0, 0.1) is 0 Å².